The highest BCUT2D eigenvalue weighted by atomic mass is 32.3. The van der Waals surface area contributed by atoms with E-state index in [0.29, 0.717) is 11.8 Å². The summed E-state index contributed by atoms with van der Waals surface area (Å²) in [6.45, 7) is 4.82. The minimum atomic E-state index is -3.50. The number of para-hydroxylation sites is 1. The largest absolute Gasteiger partial charge is 0.514 e. The van der Waals surface area contributed by atoms with Crippen LogP contribution in [0.2, 0.25) is 0 Å². The highest BCUT2D eigenvalue weighted by Crippen LogP contribution is 2.23. The normalized spacial score (nSPS) is 11.8. The third kappa shape index (κ3) is 6.89. The van der Waals surface area contributed by atoms with E-state index >= 15 is 0 Å². The Morgan fingerprint density at radius 1 is 1.27 bits per heavy atom. The van der Waals surface area contributed by atoms with Crippen LogP contribution in [0.1, 0.15) is 31.1 Å². The van der Waals surface area contributed by atoms with Crippen LogP contribution in [0.4, 0.5) is 4.79 Å². The average molecular weight is 400 g/mol. The maximum atomic E-state index is 12.3. The molecular weight excluding hydrogens is 380 g/mol. The van der Waals surface area contributed by atoms with Gasteiger partial charge in [0, 0.05) is 6.26 Å². The Morgan fingerprint density at radius 3 is 2.42 bits per heavy atom. The molecule has 0 spiro atoms. The molecule has 0 unspecified atom stereocenters. The first kappa shape index (κ1) is 21.7. The fourth-order valence-electron chi connectivity index (χ4n) is 1.69. The lowest BCUT2D eigenvalue weighted by Gasteiger charge is -2.12. The van der Waals surface area contributed by atoms with Gasteiger partial charge in [0.15, 0.2) is 15.0 Å². The molecule has 10 heteroatoms. The summed E-state index contributed by atoms with van der Waals surface area (Å²) in [5.74, 6) is -0.762. The second-order valence-corrected chi connectivity index (χ2v) is 8.57. The number of thioether (sulfide) groups is 1. The number of hydrogen-bond donors (Lipinski definition) is 2. The summed E-state index contributed by atoms with van der Waals surface area (Å²) in [5, 5.41) is 9.66. The molecular formula is C16H20N2O6S2. The predicted octanol–water partition coefficient (Wildman–Crippen LogP) is 2.91. The summed E-state index contributed by atoms with van der Waals surface area (Å²) < 4.78 is 32.9. The molecule has 0 fully saturated rings. The number of carbonyl (C=O) groups excluding carboxylic acids is 2. The van der Waals surface area contributed by atoms with E-state index in [1.807, 2.05) is 0 Å². The SMILES string of the molecule is C/C=C(\SC(=N)NC(=O)c1ccccc1OC(=O)OC(C)C)S(C)(=O)=O. The average Bonchev–Trinajstić information content (AvgIpc) is 2.51. The van der Waals surface area contributed by atoms with Crippen LogP contribution >= 0.6 is 11.8 Å². The van der Waals surface area contributed by atoms with E-state index in [9.17, 15) is 18.0 Å². The number of amides is 1. The summed E-state index contributed by atoms with van der Waals surface area (Å²) in [6, 6.07) is 5.93. The number of allylic oxidation sites excluding steroid dienone is 1. The molecule has 0 heterocycles. The third-order valence-corrected chi connectivity index (χ3v) is 5.56. The lowest BCUT2D eigenvalue weighted by Crippen LogP contribution is -2.29. The van der Waals surface area contributed by atoms with Gasteiger partial charge >= 0.3 is 6.16 Å². The molecule has 8 nitrogen and oxygen atoms in total. The summed E-state index contributed by atoms with van der Waals surface area (Å²) in [5.41, 5.74) is -0.0000557. The first-order valence-electron chi connectivity index (χ1n) is 7.46. The highest BCUT2D eigenvalue weighted by molar-refractivity contribution is 8.27. The Morgan fingerprint density at radius 2 is 1.88 bits per heavy atom. The Hall–Kier alpha value is -2.33. The van der Waals surface area contributed by atoms with Crippen molar-refractivity contribution in [3.63, 3.8) is 0 Å². The molecule has 26 heavy (non-hydrogen) atoms. The van der Waals surface area contributed by atoms with Crippen LogP contribution in [-0.2, 0) is 14.6 Å². The molecule has 2 N–H and O–H groups in total. The number of ether oxygens (including phenoxy) is 2. The van der Waals surface area contributed by atoms with Gasteiger partial charge < -0.3 is 14.8 Å². The topological polar surface area (TPSA) is 123 Å². The quantitative estimate of drug-likeness (QED) is 0.337. The van der Waals surface area contributed by atoms with E-state index in [1.54, 1.807) is 26.0 Å². The van der Waals surface area contributed by atoms with Gasteiger partial charge in [0.1, 0.15) is 9.99 Å². The lowest BCUT2D eigenvalue weighted by molar-refractivity contribution is 0.0724. The fourth-order valence-corrected chi connectivity index (χ4v) is 3.44. The molecule has 0 saturated carbocycles. The number of hydrogen-bond acceptors (Lipinski definition) is 8. The monoisotopic (exact) mass is 400 g/mol. The maximum Gasteiger partial charge on any atom is 0.514 e. The van der Waals surface area contributed by atoms with Gasteiger partial charge in [0.25, 0.3) is 5.91 Å². The Labute approximate surface area is 156 Å². The molecule has 1 aromatic rings. The number of carbonyl (C=O) groups is 2. The minimum Gasteiger partial charge on any atom is -0.431 e. The van der Waals surface area contributed by atoms with Gasteiger partial charge in [-0.2, -0.15) is 0 Å². The summed E-state index contributed by atoms with van der Waals surface area (Å²) in [7, 11) is -3.50. The molecule has 1 aromatic carbocycles. The zero-order chi connectivity index (χ0) is 19.9. The summed E-state index contributed by atoms with van der Waals surface area (Å²) in [6.07, 6.45) is 0.995. The zero-order valence-corrected chi connectivity index (χ0v) is 16.4. The van der Waals surface area contributed by atoms with Gasteiger partial charge in [-0.05, 0) is 44.7 Å². The standard InChI is InChI=1S/C16H20N2O6S2/c1-5-13(26(4,21)22)25-15(17)18-14(19)11-8-6-7-9-12(11)24-16(20)23-10(2)3/h5-10H,1-4H3,(H2,17,18,19)/b13-5+. The Balaban J connectivity index is 2.88. The van der Waals surface area contributed by atoms with Gasteiger partial charge in [-0.15, -0.1) is 0 Å². The van der Waals surface area contributed by atoms with Crippen LogP contribution in [0.15, 0.2) is 34.6 Å². The van der Waals surface area contributed by atoms with Crippen molar-refractivity contribution >= 4 is 38.8 Å². The molecule has 0 saturated heterocycles. The minimum absolute atomic E-state index is 0.0000557. The number of amidine groups is 1. The first-order valence-corrected chi connectivity index (χ1v) is 10.2. The van der Waals surface area contributed by atoms with Crippen molar-refractivity contribution in [1.29, 1.82) is 5.41 Å². The van der Waals surface area contributed by atoms with Gasteiger partial charge in [0.2, 0.25) is 0 Å². The Bertz CT molecular complexity index is 831. The van der Waals surface area contributed by atoms with Crippen molar-refractivity contribution in [3.8, 4) is 5.75 Å². The maximum absolute atomic E-state index is 12.3. The molecule has 1 amide bonds. The van der Waals surface area contributed by atoms with E-state index in [-0.39, 0.29) is 26.8 Å². The number of nitrogens with one attached hydrogen (secondary N) is 2. The molecule has 0 aliphatic carbocycles. The predicted molar refractivity (Wildman–Crippen MR) is 100 cm³/mol. The Kier molecular flexibility index (Phi) is 7.84. The van der Waals surface area contributed by atoms with Crippen LogP contribution < -0.4 is 10.1 Å². The molecule has 142 valence electrons. The molecule has 0 aliphatic heterocycles. The van der Waals surface area contributed by atoms with Crippen molar-refractivity contribution in [2.75, 3.05) is 6.26 Å². The number of rotatable bonds is 5. The van der Waals surface area contributed by atoms with E-state index in [2.05, 4.69) is 5.32 Å². The van der Waals surface area contributed by atoms with Crippen LogP contribution in [0.3, 0.4) is 0 Å². The first-order chi connectivity index (χ1) is 12.0. The van der Waals surface area contributed by atoms with Crippen LogP contribution in [0, 0.1) is 5.41 Å². The van der Waals surface area contributed by atoms with Crippen molar-refractivity contribution in [2.24, 2.45) is 0 Å². The molecule has 0 bridgehead atoms. The van der Waals surface area contributed by atoms with E-state index in [1.165, 1.54) is 25.1 Å². The number of sulfone groups is 1. The van der Waals surface area contributed by atoms with Crippen LogP contribution in [0.25, 0.3) is 0 Å². The van der Waals surface area contributed by atoms with Gasteiger partial charge in [0.05, 0.1) is 11.7 Å². The van der Waals surface area contributed by atoms with E-state index in [0.717, 1.165) is 6.26 Å². The lowest BCUT2D eigenvalue weighted by atomic mass is 10.2. The van der Waals surface area contributed by atoms with Crippen molar-refractivity contribution in [1.82, 2.24) is 5.32 Å². The molecule has 0 aromatic heterocycles. The third-order valence-electron chi connectivity index (χ3n) is 2.69. The molecule has 0 atom stereocenters. The number of benzene rings is 1. The molecule has 0 aliphatic rings. The molecule has 0 radical (unpaired) electrons. The van der Waals surface area contributed by atoms with Crippen LogP contribution in [-0.4, -0.2) is 38.0 Å². The highest BCUT2D eigenvalue weighted by Gasteiger charge is 2.19. The molecule has 1 rings (SSSR count). The van der Waals surface area contributed by atoms with E-state index < -0.39 is 21.9 Å². The van der Waals surface area contributed by atoms with Gasteiger partial charge in [-0.3, -0.25) is 10.2 Å². The van der Waals surface area contributed by atoms with Crippen molar-refractivity contribution < 1.29 is 27.5 Å². The zero-order valence-electron chi connectivity index (χ0n) is 14.7. The summed E-state index contributed by atoms with van der Waals surface area (Å²) >= 11 is 0.595. The smallest absolute Gasteiger partial charge is 0.431 e. The fraction of sp³-hybridized carbons (Fsp3) is 0.312. The van der Waals surface area contributed by atoms with Crippen molar-refractivity contribution in [2.45, 2.75) is 26.9 Å². The van der Waals surface area contributed by atoms with Gasteiger partial charge in [-0.25, -0.2) is 13.2 Å². The summed E-state index contributed by atoms with van der Waals surface area (Å²) in [4.78, 5) is 24.0. The van der Waals surface area contributed by atoms with Gasteiger partial charge in [-0.1, -0.05) is 18.2 Å². The second-order valence-electron chi connectivity index (χ2n) is 5.28. The van der Waals surface area contributed by atoms with Crippen LogP contribution in [0.5, 0.6) is 5.75 Å². The van der Waals surface area contributed by atoms with E-state index in [4.69, 9.17) is 14.9 Å². The van der Waals surface area contributed by atoms with Crippen molar-refractivity contribution in [3.05, 3.63) is 40.1 Å². The second kappa shape index (κ2) is 9.39.